The first-order valence-electron chi connectivity index (χ1n) is 4.53. The van der Waals surface area contributed by atoms with Gasteiger partial charge in [-0.1, -0.05) is 13.0 Å². The van der Waals surface area contributed by atoms with Gasteiger partial charge in [-0.15, -0.1) is 0 Å². The third kappa shape index (κ3) is 2.40. The van der Waals surface area contributed by atoms with Crippen molar-refractivity contribution in [1.29, 1.82) is 0 Å². The predicted octanol–water partition coefficient (Wildman–Crippen LogP) is 0.557. The average Bonchev–Trinajstić information content (AvgIpc) is 2.26. The minimum Gasteiger partial charge on any atom is -0.550 e. The van der Waals surface area contributed by atoms with Crippen LogP contribution in [0.4, 0.5) is 0 Å². The molecule has 0 saturated carbocycles. The molecule has 0 amide bonds. The molecule has 0 aliphatic heterocycles. The molecule has 1 unspecified atom stereocenters. The number of carbonyl (C=O) groups excluding carboxylic acids is 1. The second-order valence-corrected chi connectivity index (χ2v) is 3.16. The molecule has 0 spiro atoms. The van der Waals surface area contributed by atoms with Crippen LogP contribution in [0.5, 0.6) is 11.5 Å². The number of carbonyl (C=O) groups is 1. The fraction of sp³-hybridized carbons (Fsp3) is 0.364. The maximum absolute atomic E-state index is 10.7. The lowest BCUT2D eigenvalue weighted by molar-refractivity contribution is -0.307. The number of rotatable bonds is 4. The van der Waals surface area contributed by atoms with Crippen LogP contribution in [0.1, 0.15) is 18.4 Å². The fourth-order valence-electron chi connectivity index (χ4n) is 1.26. The van der Waals surface area contributed by atoms with Crippen LogP contribution >= 0.6 is 0 Å². The predicted molar refractivity (Wildman–Crippen MR) is 53.0 cm³/mol. The Balaban J connectivity index is 3.07. The first-order chi connectivity index (χ1) is 7.10. The van der Waals surface area contributed by atoms with Crippen molar-refractivity contribution in [1.82, 2.24) is 0 Å². The van der Waals surface area contributed by atoms with E-state index in [1.165, 1.54) is 14.2 Å². The Labute approximate surface area is 88.4 Å². The number of benzene rings is 1. The molecule has 15 heavy (non-hydrogen) atoms. The zero-order valence-electron chi connectivity index (χ0n) is 8.94. The van der Waals surface area contributed by atoms with Gasteiger partial charge in [0.1, 0.15) is 0 Å². The molecular weight excluding hydrogens is 196 g/mol. The van der Waals surface area contributed by atoms with Gasteiger partial charge in [-0.3, -0.25) is 0 Å². The van der Waals surface area contributed by atoms with E-state index >= 15 is 0 Å². The van der Waals surface area contributed by atoms with Crippen molar-refractivity contribution in [2.75, 3.05) is 14.2 Å². The normalized spacial score (nSPS) is 11.9. The Kier molecular flexibility index (Phi) is 3.55. The van der Waals surface area contributed by atoms with E-state index in [2.05, 4.69) is 0 Å². The highest BCUT2D eigenvalue weighted by molar-refractivity contribution is 5.73. The van der Waals surface area contributed by atoms with Crippen LogP contribution in [0.25, 0.3) is 0 Å². The lowest BCUT2D eigenvalue weighted by atomic mass is 10.0. The molecule has 1 rings (SSSR count). The molecule has 0 bridgehead atoms. The number of hydrogen-bond donors (Lipinski definition) is 0. The highest BCUT2D eigenvalue weighted by Crippen LogP contribution is 2.30. The third-order valence-corrected chi connectivity index (χ3v) is 2.26. The fourth-order valence-corrected chi connectivity index (χ4v) is 1.26. The van der Waals surface area contributed by atoms with Gasteiger partial charge in [0, 0.05) is 11.9 Å². The monoisotopic (exact) mass is 209 g/mol. The van der Waals surface area contributed by atoms with Crippen LogP contribution < -0.4 is 14.6 Å². The summed E-state index contributed by atoms with van der Waals surface area (Å²) in [6.07, 6.45) is 0. The maximum atomic E-state index is 10.7. The van der Waals surface area contributed by atoms with Crippen LogP contribution in [0.2, 0.25) is 0 Å². The van der Waals surface area contributed by atoms with E-state index in [1.807, 2.05) is 0 Å². The highest BCUT2D eigenvalue weighted by Gasteiger charge is 2.10. The lowest BCUT2D eigenvalue weighted by Gasteiger charge is -2.15. The number of ether oxygens (including phenoxy) is 2. The molecule has 82 valence electrons. The average molecular weight is 209 g/mol. The Morgan fingerprint density at radius 3 is 2.33 bits per heavy atom. The molecule has 0 aliphatic carbocycles. The van der Waals surface area contributed by atoms with Crippen molar-refractivity contribution in [3.8, 4) is 11.5 Å². The Hall–Kier alpha value is -1.71. The quantitative estimate of drug-likeness (QED) is 0.726. The van der Waals surface area contributed by atoms with Gasteiger partial charge >= 0.3 is 0 Å². The standard InChI is InChI=1S/C11H14O4/c1-7(11(12)13)8-4-5-9(14-2)10(6-8)15-3/h4-7H,1-3H3,(H,12,13)/p-1. The molecule has 0 saturated heterocycles. The molecule has 1 aromatic carbocycles. The maximum Gasteiger partial charge on any atom is 0.161 e. The van der Waals surface area contributed by atoms with Crippen LogP contribution in [0.15, 0.2) is 18.2 Å². The minimum absolute atomic E-state index is 0.517. The van der Waals surface area contributed by atoms with Crippen molar-refractivity contribution in [2.45, 2.75) is 12.8 Å². The summed E-state index contributed by atoms with van der Waals surface area (Å²) in [5.74, 6) is -0.679. The second-order valence-electron chi connectivity index (χ2n) is 3.16. The zero-order chi connectivity index (χ0) is 11.4. The number of carboxylic acid groups (broad SMARTS) is 1. The summed E-state index contributed by atoms with van der Waals surface area (Å²) in [5.41, 5.74) is 0.632. The molecular formula is C11H13O4-. The zero-order valence-corrected chi connectivity index (χ0v) is 8.94. The molecule has 4 heteroatoms. The summed E-state index contributed by atoms with van der Waals surface area (Å²) in [4.78, 5) is 10.7. The van der Waals surface area contributed by atoms with E-state index in [9.17, 15) is 9.90 Å². The first-order valence-corrected chi connectivity index (χ1v) is 4.53. The van der Waals surface area contributed by atoms with Crippen molar-refractivity contribution >= 4 is 5.97 Å². The summed E-state index contributed by atoms with van der Waals surface area (Å²) in [5, 5.41) is 10.7. The van der Waals surface area contributed by atoms with Gasteiger partial charge in [-0.25, -0.2) is 0 Å². The summed E-state index contributed by atoms with van der Waals surface area (Å²) in [7, 11) is 3.03. The van der Waals surface area contributed by atoms with Gasteiger partial charge in [-0.05, 0) is 17.7 Å². The van der Waals surface area contributed by atoms with Gasteiger partial charge in [0.05, 0.1) is 14.2 Å². The number of carboxylic acids is 1. The van der Waals surface area contributed by atoms with Crippen molar-refractivity contribution in [2.24, 2.45) is 0 Å². The molecule has 0 N–H and O–H groups in total. The van der Waals surface area contributed by atoms with E-state index < -0.39 is 11.9 Å². The molecule has 4 nitrogen and oxygen atoms in total. The molecule has 0 aliphatic rings. The molecule has 0 radical (unpaired) electrons. The Morgan fingerprint density at radius 2 is 1.87 bits per heavy atom. The van der Waals surface area contributed by atoms with Crippen LogP contribution in [-0.4, -0.2) is 20.2 Å². The van der Waals surface area contributed by atoms with Crippen LogP contribution in [0, 0.1) is 0 Å². The summed E-state index contributed by atoms with van der Waals surface area (Å²) in [6.45, 7) is 1.57. The topological polar surface area (TPSA) is 58.6 Å². The summed E-state index contributed by atoms with van der Waals surface area (Å²) in [6, 6.07) is 4.99. The highest BCUT2D eigenvalue weighted by atomic mass is 16.5. The molecule has 0 aromatic heterocycles. The van der Waals surface area contributed by atoms with Gasteiger partial charge in [-0.2, -0.15) is 0 Å². The molecule has 0 fully saturated rings. The Morgan fingerprint density at radius 1 is 1.27 bits per heavy atom. The summed E-state index contributed by atoms with van der Waals surface area (Å²) >= 11 is 0. The largest absolute Gasteiger partial charge is 0.550 e. The SMILES string of the molecule is COc1ccc(C(C)C(=O)[O-])cc1OC. The summed E-state index contributed by atoms with van der Waals surface area (Å²) < 4.78 is 10.1. The van der Waals surface area contributed by atoms with Crippen molar-refractivity contribution in [3.63, 3.8) is 0 Å². The number of hydrogen-bond acceptors (Lipinski definition) is 4. The van der Waals surface area contributed by atoms with Gasteiger partial charge in [0.2, 0.25) is 0 Å². The smallest absolute Gasteiger partial charge is 0.161 e. The van der Waals surface area contributed by atoms with Crippen LogP contribution in [0.3, 0.4) is 0 Å². The molecule has 1 aromatic rings. The lowest BCUT2D eigenvalue weighted by Crippen LogP contribution is -2.27. The minimum atomic E-state index is -1.11. The van der Waals surface area contributed by atoms with E-state index in [4.69, 9.17) is 9.47 Å². The van der Waals surface area contributed by atoms with Gasteiger partial charge < -0.3 is 19.4 Å². The van der Waals surface area contributed by atoms with E-state index in [-0.39, 0.29) is 0 Å². The van der Waals surface area contributed by atoms with Crippen molar-refractivity contribution < 1.29 is 19.4 Å². The molecule has 0 heterocycles. The van der Waals surface area contributed by atoms with E-state index in [0.717, 1.165) is 0 Å². The van der Waals surface area contributed by atoms with Crippen LogP contribution in [-0.2, 0) is 4.79 Å². The Bertz CT molecular complexity index is 360. The number of methoxy groups -OCH3 is 2. The third-order valence-electron chi connectivity index (χ3n) is 2.26. The number of aliphatic carboxylic acids is 1. The molecule has 1 atom stereocenters. The van der Waals surface area contributed by atoms with E-state index in [1.54, 1.807) is 25.1 Å². The second kappa shape index (κ2) is 4.68. The van der Waals surface area contributed by atoms with Crippen molar-refractivity contribution in [3.05, 3.63) is 23.8 Å². The van der Waals surface area contributed by atoms with Gasteiger partial charge in [0.25, 0.3) is 0 Å². The van der Waals surface area contributed by atoms with E-state index in [0.29, 0.717) is 17.1 Å². The van der Waals surface area contributed by atoms with Gasteiger partial charge in [0.15, 0.2) is 11.5 Å². The first kappa shape index (κ1) is 11.4.